The highest BCUT2D eigenvalue weighted by atomic mass is 79.9. The number of nitro benzene ring substituents is 1. The summed E-state index contributed by atoms with van der Waals surface area (Å²) in [4.78, 5) is 21.5. The molecule has 2 aromatic rings. The van der Waals surface area contributed by atoms with Gasteiger partial charge >= 0.3 is 5.69 Å². The number of benzene rings is 2. The number of amides is 1. The number of nitro groups is 1. The summed E-state index contributed by atoms with van der Waals surface area (Å²) < 4.78 is 27.5. The molecule has 0 bridgehead atoms. The molecule has 5 nitrogen and oxygen atoms in total. The SMILES string of the molecule is O=C(Nc1cc(Br)ccc1F)c1ccc([N+](=O)[O-])c(F)c1. The standard InChI is InChI=1S/C13H7BrF2N2O3/c14-8-2-3-9(15)11(6-8)17-13(19)7-1-4-12(18(20)21)10(16)5-7/h1-6H,(H,17,19). The Hall–Kier alpha value is -2.35. The van der Waals surface area contributed by atoms with Crippen LogP contribution in [0.1, 0.15) is 10.4 Å². The fraction of sp³-hybridized carbons (Fsp3) is 0. The molecule has 0 saturated carbocycles. The van der Waals surface area contributed by atoms with Gasteiger partial charge in [-0.05, 0) is 30.3 Å². The maximum absolute atomic E-state index is 13.5. The smallest absolute Gasteiger partial charge is 0.304 e. The molecule has 108 valence electrons. The second-order valence-electron chi connectivity index (χ2n) is 4.00. The van der Waals surface area contributed by atoms with E-state index in [9.17, 15) is 23.7 Å². The van der Waals surface area contributed by atoms with Gasteiger partial charge in [0.25, 0.3) is 5.91 Å². The molecule has 0 aromatic heterocycles. The summed E-state index contributed by atoms with van der Waals surface area (Å²) in [5.74, 6) is -2.57. The van der Waals surface area contributed by atoms with E-state index in [1.165, 1.54) is 12.1 Å². The molecule has 0 saturated heterocycles. The summed E-state index contributed by atoms with van der Waals surface area (Å²) in [5.41, 5.74) is -0.981. The fourth-order valence-corrected chi connectivity index (χ4v) is 1.95. The average Bonchev–Trinajstić information content (AvgIpc) is 2.42. The highest BCUT2D eigenvalue weighted by Gasteiger charge is 2.17. The maximum atomic E-state index is 13.5. The summed E-state index contributed by atoms with van der Waals surface area (Å²) in [6.45, 7) is 0. The molecule has 0 aliphatic heterocycles. The quantitative estimate of drug-likeness (QED) is 0.669. The summed E-state index contributed by atoms with van der Waals surface area (Å²) >= 11 is 3.13. The van der Waals surface area contributed by atoms with Crippen LogP contribution in [0.25, 0.3) is 0 Å². The summed E-state index contributed by atoms with van der Waals surface area (Å²) in [5, 5.41) is 12.7. The lowest BCUT2D eigenvalue weighted by Gasteiger charge is -2.07. The summed E-state index contributed by atoms with van der Waals surface area (Å²) in [7, 11) is 0. The Morgan fingerprint density at radius 3 is 2.48 bits per heavy atom. The number of carbonyl (C=O) groups is 1. The van der Waals surface area contributed by atoms with E-state index in [1.807, 2.05) is 0 Å². The Kier molecular flexibility index (Phi) is 4.27. The van der Waals surface area contributed by atoms with Crippen molar-refractivity contribution in [2.24, 2.45) is 0 Å². The molecule has 0 atom stereocenters. The first kappa shape index (κ1) is 15.0. The van der Waals surface area contributed by atoms with Crippen molar-refractivity contribution in [3.05, 3.63) is 68.2 Å². The molecule has 0 aliphatic rings. The van der Waals surface area contributed by atoms with Crippen LogP contribution >= 0.6 is 15.9 Å². The normalized spacial score (nSPS) is 10.2. The number of nitrogens with one attached hydrogen (secondary N) is 1. The molecule has 2 rings (SSSR count). The van der Waals surface area contributed by atoms with Gasteiger partial charge in [-0.3, -0.25) is 14.9 Å². The van der Waals surface area contributed by atoms with E-state index in [2.05, 4.69) is 21.2 Å². The Bertz CT molecular complexity index is 737. The van der Waals surface area contributed by atoms with Crippen molar-refractivity contribution in [1.29, 1.82) is 0 Å². The molecule has 8 heteroatoms. The molecule has 2 aromatic carbocycles. The molecule has 21 heavy (non-hydrogen) atoms. The van der Waals surface area contributed by atoms with Crippen LogP contribution in [0.5, 0.6) is 0 Å². The van der Waals surface area contributed by atoms with E-state index in [-0.39, 0.29) is 11.3 Å². The molecule has 0 fully saturated rings. The van der Waals surface area contributed by atoms with Crippen molar-refractivity contribution in [2.75, 3.05) is 5.32 Å². The minimum absolute atomic E-state index is 0.0897. The maximum Gasteiger partial charge on any atom is 0.304 e. The molecule has 1 amide bonds. The number of halogens is 3. The van der Waals surface area contributed by atoms with Crippen LogP contribution in [0.15, 0.2) is 40.9 Å². The van der Waals surface area contributed by atoms with E-state index < -0.39 is 28.2 Å². The monoisotopic (exact) mass is 356 g/mol. The lowest BCUT2D eigenvalue weighted by atomic mass is 10.2. The number of nitrogens with zero attached hydrogens (tertiary/aromatic N) is 1. The zero-order valence-corrected chi connectivity index (χ0v) is 11.9. The van der Waals surface area contributed by atoms with Crippen molar-refractivity contribution in [3.63, 3.8) is 0 Å². The molecule has 0 spiro atoms. The highest BCUT2D eigenvalue weighted by Crippen LogP contribution is 2.22. The van der Waals surface area contributed by atoms with Crippen LogP contribution in [0.3, 0.4) is 0 Å². The van der Waals surface area contributed by atoms with Crippen LogP contribution in [0.4, 0.5) is 20.2 Å². The molecule has 1 N–H and O–H groups in total. The predicted molar refractivity (Wildman–Crippen MR) is 75.1 cm³/mol. The molecule has 0 unspecified atom stereocenters. The number of anilines is 1. The van der Waals surface area contributed by atoms with Gasteiger partial charge in [-0.2, -0.15) is 4.39 Å². The Balaban J connectivity index is 2.26. The van der Waals surface area contributed by atoms with E-state index in [1.54, 1.807) is 0 Å². The zero-order chi connectivity index (χ0) is 15.6. The number of rotatable bonds is 3. The molecular weight excluding hydrogens is 350 g/mol. The van der Waals surface area contributed by atoms with Gasteiger partial charge in [0, 0.05) is 16.1 Å². The number of hydrogen-bond donors (Lipinski definition) is 1. The van der Waals surface area contributed by atoms with Gasteiger partial charge in [-0.15, -0.1) is 0 Å². The lowest BCUT2D eigenvalue weighted by Crippen LogP contribution is -2.13. The van der Waals surface area contributed by atoms with Crippen LogP contribution in [0.2, 0.25) is 0 Å². The summed E-state index contributed by atoms with van der Waals surface area (Å²) in [6.07, 6.45) is 0. The summed E-state index contributed by atoms with van der Waals surface area (Å²) in [6, 6.07) is 6.64. The van der Waals surface area contributed by atoms with Crippen LogP contribution in [-0.4, -0.2) is 10.8 Å². The molecule has 0 heterocycles. The van der Waals surface area contributed by atoms with Crippen LogP contribution < -0.4 is 5.32 Å². The third-order valence-electron chi connectivity index (χ3n) is 2.58. The third kappa shape index (κ3) is 3.40. The zero-order valence-electron chi connectivity index (χ0n) is 10.3. The molecule has 0 radical (unpaired) electrons. The van der Waals surface area contributed by atoms with Gasteiger partial charge in [0.1, 0.15) is 5.82 Å². The van der Waals surface area contributed by atoms with Crippen LogP contribution in [0, 0.1) is 21.7 Å². The molecular formula is C13H7BrF2N2O3. The first-order valence-corrected chi connectivity index (χ1v) is 6.38. The second kappa shape index (κ2) is 5.96. The Morgan fingerprint density at radius 2 is 1.86 bits per heavy atom. The number of carbonyl (C=O) groups excluding carboxylic acids is 1. The average molecular weight is 357 g/mol. The van der Waals surface area contributed by atoms with Gasteiger partial charge in [0.15, 0.2) is 0 Å². The molecule has 0 aliphatic carbocycles. The Labute approximate surface area is 125 Å². The van der Waals surface area contributed by atoms with E-state index in [0.717, 1.165) is 24.3 Å². The first-order valence-electron chi connectivity index (χ1n) is 5.59. The van der Waals surface area contributed by atoms with Crippen LogP contribution in [-0.2, 0) is 0 Å². The van der Waals surface area contributed by atoms with Gasteiger partial charge in [0.2, 0.25) is 5.82 Å². The predicted octanol–water partition coefficient (Wildman–Crippen LogP) is 3.89. The van der Waals surface area contributed by atoms with Crippen molar-refractivity contribution in [2.45, 2.75) is 0 Å². The second-order valence-corrected chi connectivity index (χ2v) is 4.92. The van der Waals surface area contributed by atoms with E-state index >= 15 is 0 Å². The van der Waals surface area contributed by atoms with Crippen molar-refractivity contribution in [3.8, 4) is 0 Å². The van der Waals surface area contributed by atoms with Gasteiger partial charge in [0.05, 0.1) is 10.6 Å². The number of hydrogen-bond acceptors (Lipinski definition) is 3. The minimum Gasteiger partial charge on any atom is -0.319 e. The van der Waals surface area contributed by atoms with E-state index in [4.69, 9.17) is 0 Å². The van der Waals surface area contributed by atoms with Gasteiger partial charge in [-0.1, -0.05) is 15.9 Å². The van der Waals surface area contributed by atoms with Gasteiger partial charge in [-0.25, -0.2) is 4.39 Å². The highest BCUT2D eigenvalue weighted by molar-refractivity contribution is 9.10. The first-order chi connectivity index (χ1) is 9.88. The van der Waals surface area contributed by atoms with Crippen molar-refractivity contribution < 1.29 is 18.5 Å². The van der Waals surface area contributed by atoms with Gasteiger partial charge < -0.3 is 5.32 Å². The lowest BCUT2D eigenvalue weighted by molar-refractivity contribution is -0.387. The van der Waals surface area contributed by atoms with Crippen molar-refractivity contribution >= 4 is 33.2 Å². The van der Waals surface area contributed by atoms with E-state index in [0.29, 0.717) is 4.47 Å². The minimum atomic E-state index is -1.14. The largest absolute Gasteiger partial charge is 0.319 e. The van der Waals surface area contributed by atoms with Crippen molar-refractivity contribution in [1.82, 2.24) is 0 Å². The third-order valence-corrected chi connectivity index (χ3v) is 3.08. The topological polar surface area (TPSA) is 72.2 Å². The fourth-order valence-electron chi connectivity index (χ4n) is 1.58. The Morgan fingerprint density at radius 1 is 1.14 bits per heavy atom.